The molecule has 0 aliphatic carbocycles. The number of aromatic nitrogens is 1. The van der Waals surface area contributed by atoms with Crippen LogP contribution < -0.4 is 15.5 Å². The van der Waals surface area contributed by atoms with Crippen LogP contribution in [0.15, 0.2) is 71.8 Å². The Morgan fingerprint density at radius 3 is 2.43 bits per heavy atom. The largest absolute Gasteiger partial charge is 0.368 e. The molecule has 0 radical (unpaired) electrons. The fourth-order valence-corrected chi connectivity index (χ4v) is 7.01. The zero-order valence-corrected chi connectivity index (χ0v) is 28.4. The van der Waals surface area contributed by atoms with Gasteiger partial charge in [-0.15, -0.1) is 11.8 Å². The third-order valence-corrected chi connectivity index (χ3v) is 9.48. The van der Waals surface area contributed by atoms with Crippen LogP contribution in [0.5, 0.6) is 0 Å². The van der Waals surface area contributed by atoms with E-state index in [9.17, 15) is 14.0 Å². The van der Waals surface area contributed by atoms with E-state index in [1.807, 2.05) is 64.5 Å². The summed E-state index contributed by atoms with van der Waals surface area (Å²) in [5, 5.41) is 7.68. The molecule has 1 aromatic heterocycles. The van der Waals surface area contributed by atoms with Gasteiger partial charge >= 0.3 is 6.03 Å². The van der Waals surface area contributed by atoms with Crippen LogP contribution in [0.2, 0.25) is 0 Å². The lowest BCUT2D eigenvalue weighted by molar-refractivity contribution is -0.118. The summed E-state index contributed by atoms with van der Waals surface area (Å²) < 4.78 is 13.7. The number of hydrogen-bond acceptors (Lipinski definition) is 5. The van der Waals surface area contributed by atoms with E-state index in [-0.39, 0.29) is 23.7 Å². The van der Waals surface area contributed by atoms with E-state index in [2.05, 4.69) is 51.4 Å². The minimum atomic E-state index is -0.835. The first-order chi connectivity index (χ1) is 22.0. The number of amides is 3. The molecule has 4 aromatic rings. The fraction of sp³-hybridized carbons (Fsp3) is 0.389. The van der Waals surface area contributed by atoms with Crippen LogP contribution in [0.25, 0.3) is 10.9 Å². The molecule has 2 heterocycles. The zero-order valence-electron chi connectivity index (χ0n) is 27.6. The number of carbonyl (C=O) groups is 2. The van der Waals surface area contributed by atoms with Crippen LogP contribution in [-0.2, 0) is 11.3 Å². The molecule has 1 saturated heterocycles. The highest BCUT2D eigenvalue weighted by molar-refractivity contribution is 8.00. The maximum absolute atomic E-state index is 14.3. The normalized spacial score (nSPS) is 15.0. The first-order valence-corrected chi connectivity index (χ1v) is 16.8. The van der Waals surface area contributed by atoms with E-state index >= 15 is 0 Å². The predicted molar refractivity (Wildman–Crippen MR) is 187 cm³/mol. The molecule has 3 aromatic carbocycles. The number of halogens is 1. The molecule has 10 heteroatoms. The van der Waals surface area contributed by atoms with Gasteiger partial charge in [0.05, 0.1) is 5.69 Å². The summed E-state index contributed by atoms with van der Waals surface area (Å²) in [5.41, 5.74) is 5.62. The van der Waals surface area contributed by atoms with E-state index in [0.29, 0.717) is 31.4 Å². The van der Waals surface area contributed by atoms with Crippen LogP contribution in [-0.4, -0.2) is 78.3 Å². The summed E-state index contributed by atoms with van der Waals surface area (Å²) in [4.78, 5) is 38.4. The van der Waals surface area contributed by atoms with Gasteiger partial charge in [-0.2, -0.15) is 0 Å². The van der Waals surface area contributed by atoms with Gasteiger partial charge in [0, 0.05) is 71.6 Å². The van der Waals surface area contributed by atoms with Crippen LogP contribution in [0.1, 0.15) is 43.4 Å². The molecule has 0 spiro atoms. The highest BCUT2D eigenvalue weighted by Gasteiger charge is 2.33. The molecule has 46 heavy (non-hydrogen) atoms. The van der Waals surface area contributed by atoms with Gasteiger partial charge in [0.25, 0.3) is 0 Å². The standard InChI is InChI=1S/C36H45FN6O2S/c1-23(2)46-33-14-11-26(22-41(5)6)20-31(33)39-35(44)34(25(4)29-21-38-30-10-8-7-9-28(29)30)40-36(45)43-17-15-42(16-18-43)32-13-12-27(37)19-24(32)3/h7-14,19-21,23,25,34,38H,15-18,22H2,1-6H3,(H,39,44)(H,40,45). The summed E-state index contributed by atoms with van der Waals surface area (Å²) in [5.74, 6) is -0.846. The Labute approximate surface area is 275 Å². The van der Waals surface area contributed by atoms with Gasteiger partial charge in [0.1, 0.15) is 11.9 Å². The number of para-hydroxylation sites is 1. The molecular formula is C36H45FN6O2S. The maximum atomic E-state index is 14.3. The minimum absolute atomic E-state index is 0.257. The summed E-state index contributed by atoms with van der Waals surface area (Å²) >= 11 is 1.70. The zero-order chi connectivity index (χ0) is 33.0. The Morgan fingerprint density at radius 2 is 1.74 bits per heavy atom. The number of hydrogen-bond donors (Lipinski definition) is 3. The number of aryl methyl sites for hydroxylation is 1. The Kier molecular flexibility index (Phi) is 10.6. The molecule has 1 aliphatic rings. The molecule has 3 amide bonds. The minimum Gasteiger partial charge on any atom is -0.368 e. The number of piperazine rings is 1. The highest BCUT2D eigenvalue weighted by Crippen LogP contribution is 2.33. The lowest BCUT2D eigenvalue weighted by atomic mass is 9.92. The van der Waals surface area contributed by atoms with Crippen molar-refractivity contribution in [2.75, 3.05) is 50.5 Å². The molecular weight excluding hydrogens is 600 g/mol. The predicted octanol–water partition coefficient (Wildman–Crippen LogP) is 6.82. The molecule has 244 valence electrons. The summed E-state index contributed by atoms with van der Waals surface area (Å²) in [6, 6.07) is 17.9. The van der Waals surface area contributed by atoms with Crippen molar-refractivity contribution < 1.29 is 14.0 Å². The van der Waals surface area contributed by atoms with E-state index in [1.165, 1.54) is 12.1 Å². The van der Waals surface area contributed by atoms with Crippen molar-refractivity contribution in [3.63, 3.8) is 0 Å². The number of carbonyl (C=O) groups excluding carboxylic acids is 2. The van der Waals surface area contributed by atoms with E-state index in [4.69, 9.17) is 0 Å². The quantitative estimate of drug-likeness (QED) is 0.165. The molecule has 1 aliphatic heterocycles. The molecule has 8 nitrogen and oxygen atoms in total. The second-order valence-corrected chi connectivity index (χ2v) is 14.3. The molecule has 0 saturated carbocycles. The average Bonchev–Trinajstić information content (AvgIpc) is 3.45. The number of thioether (sulfide) groups is 1. The van der Waals surface area contributed by atoms with Crippen LogP contribution >= 0.6 is 11.8 Å². The van der Waals surface area contributed by atoms with Gasteiger partial charge in [0.2, 0.25) is 5.91 Å². The number of rotatable bonds is 10. The molecule has 3 N–H and O–H groups in total. The van der Waals surface area contributed by atoms with Crippen LogP contribution in [0.4, 0.5) is 20.6 Å². The molecule has 2 unspecified atom stereocenters. The highest BCUT2D eigenvalue weighted by atomic mass is 32.2. The Hall–Kier alpha value is -4.02. The second-order valence-electron chi connectivity index (χ2n) is 12.6. The van der Waals surface area contributed by atoms with Crippen molar-refractivity contribution in [2.24, 2.45) is 0 Å². The van der Waals surface area contributed by atoms with E-state index in [1.54, 1.807) is 22.7 Å². The lowest BCUT2D eigenvalue weighted by Crippen LogP contribution is -2.56. The molecule has 5 rings (SSSR count). The summed E-state index contributed by atoms with van der Waals surface area (Å²) in [7, 11) is 4.04. The third kappa shape index (κ3) is 7.85. The Morgan fingerprint density at radius 1 is 1.00 bits per heavy atom. The van der Waals surface area contributed by atoms with E-state index in [0.717, 1.165) is 50.4 Å². The molecule has 1 fully saturated rings. The number of urea groups is 1. The van der Waals surface area contributed by atoms with Gasteiger partial charge in [-0.05, 0) is 74.1 Å². The first-order valence-electron chi connectivity index (χ1n) is 15.9. The number of fused-ring (bicyclic) bond motifs is 1. The number of benzene rings is 3. The van der Waals surface area contributed by atoms with Crippen molar-refractivity contribution >= 4 is 46.0 Å². The number of nitrogens with one attached hydrogen (secondary N) is 3. The Bertz CT molecular complexity index is 1680. The van der Waals surface area contributed by atoms with Gasteiger partial charge < -0.3 is 30.3 Å². The third-order valence-electron chi connectivity index (χ3n) is 8.40. The van der Waals surface area contributed by atoms with Crippen molar-refractivity contribution in [3.8, 4) is 0 Å². The number of aromatic amines is 1. The number of anilines is 2. The second kappa shape index (κ2) is 14.6. The summed E-state index contributed by atoms with van der Waals surface area (Å²) in [6.45, 7) is 11.1. The van der Waals surface area contributed by atoms with Crippen LogP contribution in [0.3, 0.4) is 0 Å². The van der Waals surface area contributed by atoms with Gasteiger partial charge in [-0.1, -0.05) is 45.0 Å². The van der Waals surface area contributed by atoms with Gasteiger partial charge in [-0.3, -0.25) is 4.79 Å². The van der Waals surface area contributed by atoms with Gasteiger partial charge in [-0.25, -0.2) is 9.18 Å². The molecule has 0 bridgehead atoms. The molecule has 2 atom stereocenters. The fourth-order valence-electron chi connectivity index (χ4n) is 6.12. The lowest BCUT2D eigenvalue weighted by Gasteiger charge is -2.37. The smallest absolute Gasteiger partial charge is 0.318 e. The van der Waals surface area contributed by atoms with Crippen molar-refractivity contribution in [1.29, 1.82) is 0 Å². The van der Waals surface area contributed by atoms with Crippen molar-refractivity contribution in [1.82, 2.24) is 20.1 Å². The van der Waals surface area contributed by atoms with Gasteiger partial charge in [0.15, 0.2) is 0 Å². The first kappa shape index (κ1) is 33.3. The SMILES string of the molecule is Cc1cc(F)ccc1N1CCN(C(=O)NC(C(=O)Nc2cc(CN(C)C)ccc2SC(C)C)C(C)c2c[nH]c3ccccc23)CC1. The average molecular weight is 645 g/mol. The number of nitrogens with zero attached hydrogens (tertiary/aromatic N) is 3. The van der Waals surface area contributed by atoms with Crippen LogP contribution in [0, 0.1) is 12.7 Å². The topological polar surface area (TPSA) is 83.7 Å². The van der Waals surface area contributed by atoms with Crippen molar-refractivity contribution in [3.05, 3.63) is 89.4 Å². The monoisotopic (exact) mass is 644 g/mol. The summed E-state index contributed by atoms with van der Waals surface area (Å²) in [6.07, 6.45) is 1.93. The number of H-pyrrole nitrogens is 1. The van der Waals surface area contributed by atoms with E-state index < -0.39 is 6.04 Å². The van der Waals surface area contributed by atoms with Crippen molar-refractivity contribution in [2.45, 2.75) is 56.3 Å². The maximum Gasteiger partial charge on any atom is 0.318 e. The Balaban J connectivity index is 1.39.